The summed E-state index contributed by atoms with van der Waals surface area (Å²) >= 11 is 8.16. The van der Waals surface area contributed by atoms with Gasteiger partial charge in [0.25, 0.3) is 0 Å². The third kappa shape index (κ3) is 2.25. The maximum Gasteiger partial charge on any atom is 0.167 e. The molecule has 1 aliphatic heterocycles. The van der Waals surface area contributed by atoms with Crippen LogP contribution >= 0.6 is 34.2 Å². The molecule has 0 aromatic carbocycles. The number of fused-ring (bicyclic) bond motifs is 1. The minimum Gasteiger partial charge on any atom is -0.394 e. The highest BCUT2D eigenvalue weighted by molar-refractivity contribution is 14.1. The molecule has 3 N–H and O–H groups in total. The van der Waals surface area contributed by atoms with Gasteiger partial charge in [-0.1, -0.05) is 11.6 Å². The fraction of sp³-hybridized carbons (Fsp3) is 0.500. The molecule has 21 heavy (non-hydrogen) atoms. The number of ether oxygens (including phenoxy) is 1. The highest BCUT2D eigenvalue weighted by Gasteiger charge is 2.53. The molecule has 1 saturated heterocycles. The molecule has 0 unspecified atom stereocenters. The van der Waals surface area contributed by atoms with Crippen molar-refractivity contribution in [3.8, 4) is 0 Å². The molecule has 4 atom stereocenters. The van der Waals surface area contributed by atoms with Crippen molar-refractivity contribution in [3.05, 3.63) is 21.2 Å². The summed E-state index contributed by atoms with van der Waals surface area (Å²) < 4.78 is 7.99. The first-order chi connectivity index (χ1) is 9.87. The van der Waals surface area contributed by atoms with Crippen molar-refractivity contribution in [3.63, 3.8) is 0 Å². The van der Waals surface area contributed by atoms with Gasteiger partial charge in [0.05, 0.1) is 12.0 Å². The third-order valence-corrected chi connectivity index (χ3v) is 4.81. The number of hydrogen-bond acceptors (Lipinski definition) is 6. The summed E-state index contributed by atoms with van der Waals surface area (Å²) in [5, 5.41) is 30.8. The van der Waals surface area contributed by atoms with Gasteiger partial charge in [-0.15, -0.1) is 0 Å². The molecule has 3 heterocycles. The first-order valence-electron chi connectivity index (χ1n) is 6.21. The van der Waals surface area contributed by atoms with E-state index in [9.17, 15) is 15.3 Å². The topological polar surface area (TPSA) is 101 Å². The standard InChI is InChI=1S/C12H13ClIN3O4/c1-12(20)8(19)6(3-18)21-11(12)17-2-5(14)7-9(13)15-4-16-10(7)17/h2,4,6,8,11,18-20H,3H2,1H3/t6-,8-,11-,12-/m1/s1. The molecular formula is C12H13ClIN3O4. The summed E-state index contributed by atoms with van der Waals surface area (Å²) in [6.45, 7) is 1.07. The maximum absolute atomic E-state index is 10.5. The molecule has 114 valence electrons. The molecule has 0 radical (unpaired) electrons. The summed E-state index contributed by atoms with van der Waals surface area (Å²) in [6.07, 6.45) is 0.0807. The van der Waals surface area contributed by atoms with E-state index in [1.54, 1.807) is 10.8 Å². The Morgan fingerprint density at radius 3 is 2.86 bits per heavy atom. The molecule has 2 aromatic heterocycles. The van der Waals surface area contributed by atoms with Crippen LogP contribution in [0.2, 0.25) is 5.15 Å². The minimum absolute atomic E-state index is 0.306. The second-order valence-corrected chi connectivity index (χ2v) is 6.65. The van der Waals surface area contributed by atoms with Gasteiger partial charge < -0.3 is 24.6 Å². The van der Waals surface area contributed by atoms with E-state index in [0.29, 0.717) is 16.2 Å². The number of aliphatic hydroxyl groups is 3. The first kappa shape index (κ1) is 15.4. The minimum atomic E-state index is -1.57. The van der Waals surface area contributed by atoms with Crippen LogP contribution in [-0.4, -0.2) is 54.3 Å². The summed E-state index contributed by atoms with van der Waals surface area (Å²) in [5.74, 6) is 0. The van der Waals surface area contributed by atoms with Gasteiger partial charge in [-0.3, -0.25) is 0 Å². The van der Waals surface area contributed by atoms with E-state index < -0.39 is 24.0 Å². The fourth-order valence-electron chi connectivity index (χ4n) is 2.57. The molecule has 0 amide bonds. The van der Waals surface area contributed by atoms with E-state index in [0.717, 1.165) is 3.57 Å². The zero-order chi connectivity index (χ0) is 15.4. The van der Waals surface area contributed by atoms with Crippen LogP contribution in [0.25, 0.3) is 11.0 Å². The molecule has 0 spiro atoms. The van der Waals surface area contributed by atoms with Gasteiger partial charge in [0.1, 0.15) is 34.9 Å². The van der Waals surface area contributed by atoms with Crippen molar-refractivity contribution >= 4 is 45.2 Å². The molecule has 7 nitrogen and oxygen atoms in total. The Balaban J connectivity index is 2.15. The molecule has 2 aromatic rings. The molecule has 1 fully saturated rings. The summed E-state index contributed by atoms with van der Waals surface area (Å²) in [7, 11) is 0. The summed E-state index contributed by atoms with van der Waals surface area (Å²) in [4.78, 5) is 8.11. The van der Waals surface area contributed by atoms with Gasteiger partial charge in [-0.2, -0.15) is 0 Å². The first-order valence-corrected chi connectivity index (χ1v) is 7.67. The monoisotopic (exact) mass is 425 g/mol. The number of nitrogens with zero attached hydrogens (tertiary/aromatic N) is 3. The van der Waals surface area contributed by atoms with E-state index in [1.807, 2.05) is 0 Å². The summed E-state index contributed by atoms with van der Waals surface area (Å²) in [5.41, 5.74) is -1.07. The van der Waals surface area contributed by atoms with Crippen LogP contribution in [0.4, 0.5) is 0 Å². The zero-order valence-electron chi connectivity index (χ0n) is 10.9. The second kappa shape index (κ2) is 5.28. The lowest BCUT2D eigenvalue weighted by Crippen LogP contribution is -2.44. The van der Waals surface area contributed by atoms with E-state index in [1.165, 1.54) is 13.3 Å². The van der Waals surface area contributed by atoms with Crippen LogP contribution in [0.5, 0.6) is 0 Å². The number of aromatic nitrogens is 3. The molecule has 9 heteroatoms. The SMILES string of the molecule is C[C@@]1(O)[C@H](O)[C@@H](CO)O[C@H]1n1cc(I)c2c(Cl)ncnc21. The average molecular weight is 426 g/mol. The van der Waals surface area contributed by atoms with Crippen LogP contribution in [0.1, 0.15) is 13.2 Å². The van der Waals surface area contributed by atoms with E-state index >= 15 is 0 Å². The lowest BCUT2D eigenvalue weighted by molar-refractivity contribution is -0.0948. The van der Waals surface area contributed by atoms with Crippen LogP contribution in [0, 0.1) is 3.57 Å². The van der Waals surface area contributed by atoms with E-state index in [-0.39, 0.29) is 6.61 Å². The van der Waals surface area contributed by atoms with Gasteiger partial charge in [0.2, 0.25) is 0 Å². The average Bonchev–Trinajstić information content (AvgIpc) is 2.87. The molecular weight excluding hydrogens is 413 g/mol. The van der Waals surface area contributed by atoms with Gasteiger partial charge in [0, 0.05) is 9.77 Å². The number of halogens is 2. The van der Waals surface area contributed by atoms with Crippen molar-refractivity contribution in [1.82, 2.24) is 14.5 Å². The second-order valence-electron chi connectivity index (χ2n) is 5.13. The van der Waals surface area contributed by atoms with Crippen molar-refractivity contribution in [2.45, 2.75) is 31.0 Å². The Kier molecular flexibility index (Phi) is 3.87. The molecule has 0 aliphatic carbocycles. The molecule has 3 rings (SSSR count). The number of rotatable bonds is 2. The van der Waals surface area contributed by atoms with Gasteiger partial charge in [0.15, 0.2) is 6.23 Å². The van der Waals surface area contributed by atoms with E-state index in [4.69, 9.17) is 16.3 Å². The number of aliphatic hydroxyl groups excluding tert-OH is 2. The van der Waals surface area contributed by atoms with Crippen molar-refractivity contribution in [1.29, 1.82) is 0 Å². The van der Waals surface area contributed by atoms with Crippen LogP contribution in [-0.2, 0) is 4.74 Å². The fourth-order valence-corrected chi connectivity index (χ4v) is 3.76. The Morgan fingerprint density at radius 1 is 1.52 bits per heavy atom. The van der Waals surface area contributed by atoms with Crippen molar-refractivity contribution in [2.75, 3.05) is 6.61 Å². The third-order valence-electron chi connectivity index (χ3n) is 3.70. The zero-order valence-corrected chi connectivity index (χ0v) is 13.9. The molecule has 0 bridgehead atoms. The number of hydrogen-bond donors (Lipinski definition) is 3. The quantitative estimate of drug-likeness (QED) is 0.484. The van der Waals surface area contributed by atoms with Crippen LogP contribution < -0.4 is 0 Å². The Morgan fingerprint density at radius 2 is 2.24 bits per heavy atom. The van der Waals surface area contributed by atoms with Crippen LogP contribution in [0.15, 0.2) is 12.5 Å². The largest absolute Gasteiger partial charge is 0.394 e. The highest BCUT2D eigenvalue weighted by Crippen LogP contribution is 2.41. The van der Waals surface area contributed by atoms with Gasteiger partial charge in [-0.05, 0) is 29.5 Å². The maximum atomic E-state index is 10.5. The van der Waals surface area contributed by atoms with Gasteiger partial charge in [-0.25, -0.2) is 9.97 Å². The predicted octanol–water partition coefficient (Wildman–Crippen LogP) is 0.691. The smallest absolute Gasteiger partial charge is 0.167 e. The molecule has 1 aliphatic rings. The Bertz CT molecular complexity index is 692. The van der Waals surface area contributed by atoms with Crippen molar-refractivity contribution in [2.24, 2.45) is 0 Å². The summed E-state index contributed by atoms with van der Waals surface area (Å²) in [6, 6.07) is 0. The van der Waals surface area contributed by atoms with Crippen LogP contribution in [0.3, 0.4) is 0 Å². The Labute approximate surface area is 138 Å². The molecule has 0 saturated carbocycles. The normalized spacial score (nSPS) is 33.0. The Hall–Kier alpha value is -0.520. The highest BCUT2D eigenvalue weighted by atomic mass is 127. The van der Waals surface area contributed by atoms with Gasteiger partial charge >= 0.3 is 0 Å². The lowest BCUT2D eigenvalue weighted by atomic mass is 9.96. The van der Waals surface area contributed by atoms with E-state index in [2.05, 4.69) is 32.6 Å². The van der Waals surface area contributed by atoms with Crippen molar-refractivity contribution < 1.29 is 20.1 Å². The lowest BCUT2D eigenvalue weighted by Gasteiger charge is -2.27. The predicted molar refractivity (Wildman–Crippen MR) is 82.9 cm³/mol.